The van der Waals surface area contributed by atoms with E-state index in [-0.39, 0.29) is 0 Å². The van der Waals surface area contributed by atoms with Gasteiger partial charge in [-0.3, -0.25) is 0 Å². The van der Waals surface area contributed by atoms with Crippen LogP contribution in [0.2, 0.25) is 0 Å². The zero-order valence-corrected chi connectivity index (χ0v) is 10.3. The summed E-state index contributed by atoms with van der Waals surface area (Å²) in [6, 6.07) is 8.10. The van der Waals surface area contributed by atoms with Crippen LogP contribution >= 0.6 is 0 Å². The molecule has 0 aromatic heterocycles. The fraction of sp³-hybridized carbons (Fsp3) is 0.538. The van der Waals surface area contributed by atoms with Crippen molar-refractivity contribution in [1.29, 1.82) is 0 Å². The predicted molar refractivity (Wildman–Crippen MR) is 68.5 cm³/mol. The number of benzene rings is 1. The first-order chi connectivity index (χ1) is 7.76. The van der Waals surface area contributed by atoms with Crippen molar-refractivity contribution >= 4 is 5.69 Å². The maximum Gasteiger partial charge on any atom is 0.0589 e. The topological polar surface area (TPSA) is 38.5 Å². The van der Waals surface area contributed by atoms with E-state index in [1.807, 2.05) is 18.2 Å². The lowest BCUT2D eigenvalue weighted by Gasteiger charge is -2.19. The fourth-order valence-electron chi connectivity index (χ4n) is 1.68. The van der Waals surface area contributed by atoms with Crippen molar-refractivity contribution in [2.24, 2.45) is 0 Å². The Balaban J connectivity index is 2.37. The quantitative estimate of drug-likeness (QED) is 0.715. The minimum Gasteiger partial charge on any atom is -0.399 e. The smallest absolute Gasteiger partial charge is 0.0589 e. The van der Waals surface area contributed by atoms with Crippen LogP contribution < -0.4 is 5.73 Å². The number of hydrogen-bond donors (Lipinski definition) is 1. The highest BCUT2D eigenvalue weighted by Gasteiger charge is 2.02. The maximum atomic E-state index is 5.74. The highest BCUT2D eigenvalue weighted by molar-refractivity contribution is 5.40. The van der Waals surface area contributed by atoms with Crippen LogP contribution in [-0.4, -0.2) is 38.3 Å². The van der Waals surface area contributed by atoms with Crippen LogP contribution in [0.25, 0.3) is 0 Å². The Morgan fingerprint density at radius 2 is 2.12 bits per heavy atom. The van der Waals surface area contributed by atoms with E-state index in [1.54, 1.807) is 7.11 Å². The van der Waals surface area contributed by atoms with Gasteiger partial charge in [-0.2, -0.15) is 0 Å². The van der Waals surface area contributed by atoms with Gasteiger partial charge in [0.1, 0.15) is 0 Å². The second-order valence-electron chi connectivity index (χ2n) is 3.92. The van der Waals surface area contributed by atoms with Crippen LogP contribution in [0.15, 0.2) is 24.3 Å². The van der Waals surface area contributed by atoms with E-state index < -0.39 is 0 Å². The lowest BCUT2D eigenvalue weighted by molar-refractivity contribution is 0.151. The van der Waals surface area contributed by atoms with Gasteiger partial charge in [0.2, 0.25) is 0 Å². The Morgan fingerprint density at radius 1 is 1.31 bits per heavy atom. The third kappa shape index (κ3) is 4.64. The molecule has 1 aromatic carbocycles. The molecule has 0 fully saturated rings. The molecule has 0 bridgehead atoms. The Labute approximate surface area is 98.2 Å². The largest absolute Gasteiger partial charge is 0.399 e. The average molecular weight is 222 g/mol. The number of nitrogen functional groups attached to an aromatic ring is 1. The first kappa shape index (κ1) is 13.0. The summed E-state index contributed by atoms with van der Waals surface area (Å²) in [4.78, 5) is 2.38. The van der Waals surface area contributed by atoms with Crippen LogP contribution in [0.3, 0.4) is 0 Å². The van der Waals surface area contributed by atoms with Crippen LogP contribution in [-0.2, 0) is 11.2 Å². The van der Waals surface area contributed by atoms with Gasteiger partial charge in [0.05, 0.1) is 6.61 Å². The van der Waals surface area contributed by atoms with Crippen molar-refractivity contribution < 1.29 is 4.74 Å². The van der Waals surface area contributed by atoms with Gasteiger partial charge in [-0.05, 0) is 30.7 Å². The van der Waals surface area contributed by atoms with Crippen molar-refractivity contribution in [3.05, 3.63) is 29.8 Å². The molecule has 3 heteroatoms. The number of ether oxygens (including phenoxy) is 1. The van der Waals surface area contributed by atoms with Crippen molar-refractivity contribution in [3.8, 4) is 0 Å². The molecule has 3 nitrogen and oxygen atoms in total. The molecule has 16 heavy (non-hydrogen) atoms. The number of likely N-dealkylation sites (N-methyl/N-ethyl adjacent to an activating group) is 1. The van der Waals surface area contributed by atoms with E-state index in [4.69, 9.17) is 10.5 Å². The maximum absolute atomic E-state index is 5.74. The van der Waals surface area contributed by atoms with E-state index in [2.05, 4.69) is 17.9 Å². The summed E-state index contributed by atoms with van der Waals surface area (Å²) >= 11 is 0. The first-order valence-corrected chi connectivity index (χ1v) is 5.82. The molecule has 0 aliphatic heterocycles. The van der Waals surface area contributed by atoms with Gasteiger partial charge in [-0.1, -0.05) is 19.1 Å². The molecule has 0 amide bonds. The Morgan fingerprint density at radius 3 is 2.75 bits per heavy atom. The summed E-state index contributed by atoms with van der Waals surface area (Å²) in [6.07, 6.45) is 1.04. The van der Waals surface area contributed by atoms with Crippen LogP contribution in [0.4, 0.5) is 5.69 Å². The monoisotopic (exact) mass is 222 g/mol. The average Bonchev–Trinajstić information content (AvgIpc) is 2.29. The van der Waals surface area contributed by atoms with Crippen molar-refractivity contribution in [2.45, 2.75) is 13.3 Å². The number of nitrogens with two attached hydrogens (primary N) is 1. The number of methoxy groups -OCH3 is 1. The Bertz CT molecular complexity index is 302. The van der Waals surface area contributed by atoms with Crippen molar-refractivity contribution in [3.63, 3.8) is 0 Å². The third-order valence-corrected chi connectivity index (χ3v) is 2.73. The molecule has 0 saturated carbocycles. The molecule has 0 aliphatic rings. The molecule has 0 aliphatic carbocycles. The van der Waals surface area contributed by atoms with Gasteiger partial charge in [-0.25, -0.2) is 0 Å². The normalized spacial score (nSPS) is 10.9. The number of hydrogen-bond acceptors (Lipinski definition) is 3. The van der Waals surface area contributed by atoms with Gasteiger partial charge in [0.25, 0.3) is 0 Å². The minimum atomic E-state index is 0.796. The van der Waals surface area contributed by atoms with E-state index in [9.17, 15) is 0 Å². The van der Waals surface area contributed by atoms with Crippen LogP contribution in [0.5, 0.6) is 0 Å². The predicted octanol–water partition coefficient (Wildman–Crippen LogP) is 1.78. The van der Waals surface area contributed by atoms with E-state index in [1.165, 1.54) is 5.56 Å². The summed E-state index contributed by atoms with van der Waals surface area (Å²) in [6.45, 7) is 6.09. The molecule has 2 N–H and O–H groups in total. The lowest BCUT2D eigenvalue weighted by Crippen LogP contribution is -2.29. The molecule has 0 radical (unpaired) electrons. The second kappa shape index (κ2) is 7.25. The summed E-state index contributed by atoms with van der Waals surface area (Å²) in [5.74, 6) is 0. The highest BCUT2D eigenvalue weighted by Crippen LogP contribution is 2.07. The van der Waals surface area contributed by atoms with Crippen LogP contribution in [0.1, 0.15) is 12.5 Å². The van der Waals surface area contributed by atoms with Crippen molar-refractivity contribution in [1.82, 2.24) is 4.90 Å². The summed E-state index contributed by atoms with van der Waals surface area (Å²) in [7, 11) is 1.74. The number of nitrogens with zero attached hydrogens (tertiary/aromatic N) is 1. The molecule has 0 saturated heterocycles. The van der Waals surface area contributed by atoms with Gasteiger partial charge in [0.15, 0.2) is 0 Å². The first-order valence-electron chi connectivity index (χ1n) is 5.82. The summed E-state index contributed by atoms with van der Waals surface area (Å²) < 4.78 is 5.08. The summed E-state index contributed by atoms with van der Waals surface area (Å²) in [5.41, 5.74) is 7.89. The van der Waals surface area contributed by atoms with Gasteiger partial charge >= 0.3 is 0 Å². The van der Waals surface area contributed by atoms with Gasteiger partial charge in [-0.15, -0.1) is 0 Å². The van der Waals surface area contributed by atoms with E-state index in [0.717, 1.165) is 38.3 Å². The molecule has 90 valence electrons. The molecular weight excluding hydrogens is 200 g/mol. The van der Waals surface area contributed by atoms with Gasteiger partial charge in [0, 0.05) is 25.9 Å². The molecule has 0 heterocycles. The molecule has 0 spiro atoms. The summed E-state index contributed by atoms with van der Waals surface area (Å²) in [5, 5.41) is 0. The van der Waals surface area contributed by atoms with Crippen LogP contribution in [0, 0.1) is 0 Å². The standard InChI is InChI=1S/C13H22N2O/c1-3-15(9-10-16-2)8-7-12-5-4-6-13(14)11-12/h4-6,11H,3,7-10,14H2,1-2H3. The SMILES string of the molecule is CCN(CCOC)CCc1cccc(N)c1. The third-order valence-electron chi connectivity index (χ3n) is 2.73. The minimum absolute atomic E-state index is 0.796. The molecule has 1 aromatic rings. The number of rotatable bonds is 7. The van der Waals surface area contributed by atoms with Gasteiger partial charge < -0.3 is 15.4 Å². The molecule has 0 unspecified atom stereocenters. The fourth-order valence-corrected chi connectivity index (χ4v) is 1.68. The second-order valence-corrected chi connectivity index (χ2v) is 3.92. The van der Waals surface area contributed by atoms with E-state index >= 15 is 0 Å². The number of anilines is 1. The molecule has 0 atom stereocenters. The molecular formula is C13H22N2O. The zero-order valence-electron chi connectivity index (χ0n) is 10.3. The molecule has 1 rings (SSSR count). The lowest BCUT2D eigenvalue weighted by atomic mass is 10.1. The Hall–Kier alpha value is -1.06. The zero-order chi connectivity index (χ0) is 11.8. The Kier molecular flexibility index (Phi) is 5.90. The van der Waals surface area contributed by atoms with Crippen molar-refractivity contribution in [2.75, 3.05) is 39.1 Å². The van der Waals surface area contributed by atoms with E-state index in [0.29, 0.717) is 0 Å². The highest BCUT2D eigenvalue weighted by atomic mass is 16.5.